The molecule has 0 aromatic rings. The average Bonchev–Trinajstić information content (AvgIpc) is 2.12. The molecule has 0 aliphatic rings. The lowest BCUT2D eigenvalue weighted by Gasteiger charge is -2.01. The van der Waals surface area contributed by atoms with E-state index in [0.717, 1.165) is 12.7 Å². The zero-order chi connectivity index (χ0) is 9.40. The van der Waals surface area contributed by atoms with E-state index in [-0.39, 0.29) is 6.10 Å². The van der Waals surface area contributed by atoms with Gasteiger partial charge in [0, 0.05) is 5.57 Å². The molecule has 0 radical (unpaired) electrons. The smallest absolute Gasteiger partial charge is 0.149 e. The first kappa shape index (κ1) is 11.1. The van der Waals surface area contributed by atoms with Gasteiger partial charge >= 0.3 is 0 Å². The highest BCUT2D eigenvalue weighted by molar-refractivity contribution is 5.77. The maximum Gasteiger partial charge on any atom is 0.149 e. The highest BCUT2D eigenvalue weighted by Gasteiger charge is 1.95. The number of carbonyl (C=O) groups excluding carboxylic acids is 1. The third-order valence-electron chi connectivity index (χ3n) is 1.66. The summed E-state index contributed by atoms with van der Waals surface area (Å²) in [5, 5.41) is 9.16. The van der Waals surface area contributed by atoms with E-state index in [1.54, 1.807) is 12.2 Å². The topological polar surface area (TPSA) is 37.3 Å². The van der Waals surface area contributed by atoms with Crippen molar-refractivity contribution in [1.29, 1.82) is 0 Å². The molecule has 2 heteroatoms. The Labute approximate surface area is 73.6 Å². The average molecular weight is 168 g/mol. The van der Waals surface area contributed by atoms with Gasteiger partial charge in [-0.2, -0.15) is 0 Å². The molecule has 0 aromatic carbocycles. The van der Waals surface area contributed by atoms with Gasteiger partial charge in [-0.3, -0.25) is 4.79 Å². The third-order valence-corrected chi connectivity index (χ3v) is 1.66. The summed E-state index contributed by atoms with van der Waals surface area (Å²) in [5.74, 6) is 0. The second-order valence-electron chi connectivity index (χ2n) is 2.61. The van der Waals surface area contributed by atoms with E-state index in [1.165, 1.54) is 0 Å². The SMILES string of the molecule is C/C=C(C=O)\C=C/CC(O)CC. The van der Waals surface area contributed by atoms with Gasteiger partial charge in [0.1, 0.15) is 6.29 Å². The van der Waals surface area contributed by atoms with Crippen LogP contribution in [0.15, 0.2) is 23.8 Å². The third kappa shape index (κ3) is 4.85. The minimum atomic E-state index is -0.286. The lowest BCUT2D eigenvalue weighted by Crippen LogP contribution is -2.01. The van der Waals surface area contributed by atoms with E-state index < -0.39 is 0 Å². The molecule has 0 amide bonds. The monoisotopic (exact) mass is 168 g/mol. The highest BCUT2D eigenvalue weighted by Crippen LogP contribution is 2.00. The van der Waals surface area contributed by atoms with Gasteiger partial charge in [-0.25, -0.2) is 0 Å². The van der Waals surface area contributed by atoms with Crippen molar-refractivity contribution in [1.82, 2.24) is 0 Å². The fourth-order valence-electron chi connectivity index (χ4n) is 0.731. The second-order valence-corrected chi connectivity index (χ2v) is 2.61. The van der Waals surface area contributed by atoms with Gasteiger partial charge in [-0.1, -0.05) is 25.2 Å². The number of hydrogen-bond donors (Lipinski definition) is 1. The van der Waals surface area contributed by atoms with Gasteiger partial charge < -0.3 is 5.11 Å². The molecule has 0 heterocycles. The van der Waals surface area contributed by atoms with Crippen LogP contribution < -0.4 is 0 Å². The Morgan fingerprint density at radius 3 is 2.67 bits per heavy atom. The Morgan fingerprint density at radius 2 is 2.25 bits per heavy atom. The number of allylic oxidation sites excluding steroid dienone is 3. The van der Waals surface area contributed by atoms with E-state index in [4.69, 9.17) is 5.11 Å². The molecule has 0 aliphatic heterocycles. The normalized spacial score (nSPS) is 15.1. The Morgan fingerprint density at radius 1 is 1.58 bits per heavy atom. The van der Waals surface area contributed by atoms with E-state index in [2.05, 4.69) is 0 Å². The van der Waals surface area contributed by atoms with Crippen LogP contribution in [0.25, 0.3) is 0 Å². The van der Waals surface area contributed by atoms with Gasteiger partial charge in [0.2, 0.25) is 0 Å². The van der Waals surface area contributed by atoms with E-state index in [9.17, 15) is 4.79 Å². The van der Waals surface area contributed by atoms with Crippen LogP contribution in [0, 0.1) is 0 Å². The fraction of sp³-hybridized carbons (Fsp3) is 0.500. The predicted molar refractivity (Wildman–Crippen MR) is 49.9 cm³/mol. The van der Waals surface area contributed by atoms with Crippen molar-refractivity contribution in [2.45, 2.75) is 32.8 Å². The summed E-state index contributed by atoms with van der Waals surface area (Å²) in [6, 6.07) is 0. The minimum Gasteiger partial charge on any atom is -0.393 e. The van der Waals surface area contributed by atoms with Crippen LogP contribution in [0.2, 0.25) is 0 Å². The minimum absolute atomic E-state index is 0.286. The number of aliphatic hydroxyl groups excluding tert-OH is 1. The molecule has 0 aromatic heterocycles. The van der Waals surface area contributed by atoms with E-state index in [0.29, 0.717) is 12.0 Å². The van der Waals surface area contributed by atoms with E-state index in [1.807, 2.05) is 19.9 Å². The van der Waals surface area contributed by atoms with Gasteiger partial charge in [0.25, 0.3) is 0 Å². The van der Waals surface area contributed by atoms with E-state index >= 15 is 0 Å². The zero-order valence-electron chi connectivity index (χ0n) is 7.66. The van der Waals surface area contributed by atoms with Gasteiger partial charge in [0.15, 0.2) is 0 Å². The molecule has 0 rings (SSSR count). The summed E-state index contributed by atoms with van der Waals surface area (Å²) >= 11 is 0. The standard InChI is InChI=1S/C10H16O2/c1-3-9(8-11)6-5-7-10(12)4-2/h3,5-6,8,10,12H,4,7H2,1-2H3/b6-5-,9-3+. The summed E-state index contributed by atoms with van der Waals surface area (Å²) in [5.41, 5.74) is 0.651. The molecule has 68 valence electrons. The molecule has 0 aliphatic carbocycles. The van der Waals surface area contributed by atoms with Crippen molar-refractivity contribution in [3.8, 4) is 0 Å². The molecule has 0 fully saturated rings. The van der Waals surface area contributed by atoms with Gasteiger partial charge in [-0.15, -0.1) is 0 Å². The molecular weight excluding hydrogens is 152 g/mol. The molecule has 2 nitrogen and oxygen atoms in total. The van der Waals surface area contributed by atoms with Crippen molar-refractivity contribution in [2.75, 3.05) is 0 Å². The Hall–Kier alpha value is -0.890. The number of aliphatic hydroxyl groups is 1. The largest absolute Gasteiger partial charge is 0.393 e. The van der Waals surface area contributed by atoms with Crippen LogP contribution in [-0.4, -0.2) is 17.5 Å². The summed E-state index contributed by atoms with van der Waals surface area (Å²) in [4.78, 5) is 10.3. The summed E-state index contributed by atoms with van der Waals surface area (Å²) < 4.78 is 0. The maximum absolute atomic E-state index is 10.3. The molecule has 1 atom stereocenters. The van der Waals surface area contributed by atoms with Crippen molar-refractivity contribution in [3.63, 3.8) is 0 Å². The molecule has 0 bridgehead atoms. The van der Waals surface area contributed by atoms with Crippen molar-refractivity contribution >= 4 is 6.29 Å². The quantitative estimate of drug-likeness (QED) is 0.386. The first-order chi connectivity index (χ1) is 5.74. The second kappa shape index (κ2) is 6.80. The van der Waals surface area contributed by atoms with Crippen LogP contribution in [0.4, 0.5) is 0 Å². The Balaban J connectivity index is 3.82. The predicted octanol–water partition coefficient (Wildman–Crippen LogP) is 1.85. The molecule has 0 spiro atoms. The van der Waals surface area contributed by atoms with Gasteiger partial charge in [-0.05, 0) is 19.8 Å². The van der Waals surface area contributed by atoms with Crippen molar-refractivity contribution in [2.24, 2.45) is 0 Å². The fourth-order valence-corrected chi connectivity index (χ4v) is 0.731. The first-order valence-corrected chi connectivity index (χ1v) is 4.20. The number of carbonyl (C=O) groups is 1. The molecule has 0 saturated carbocycles. The summed E-state index contributed by atoms with van der Waals surface area (Å²) in [6.45, 7) is 3.74. The van der Waals surface area contributed by atoms with Crippen molar-refractivity contribution in [3.05, 3.63) is 23.8 Å². The van der Waals surface area contributed by atoms with Crippen molar-refractivity contribution < 1.29 is 9.90 Å². The first-order valence-electron chi connectivity index (χ1n) is 4.20. The Bertz CT molecular complexity index is 180. The summed E-state index contributed by atoms with van der Waals surface area (Å²) in [6.07, 6.45) is 7.16. The molecule has 1 N–H and O–H groups in total. The highest BCUT2D eigenvalue weighted by atomic mass is 16.3. The summed E-state index contributed by atoms with van der Waals surface area (Å²) in [7, 11) is 0. The zero-order valence-corrected chi connectivity index (χ0v) is 7.66. The maximum atomic E-state index is 10.3. The number of hydrogen-bond acceptors (Lipinski definition) is 2. The lowest BCUT2D eigenvalue weighted by molar-refractivity contribution is -0.104. The van der Waals surface area contributed by atoms with Crippen LogP contribution in [0.3, 0.4) is 0 Å². The molecular formula is C10H16O2. The van der Waals surface area contributed by atoms with Crippen LogP contribution >= 0.6 is 0 Å². The van der Waals surface area contributed by atoms with Crippen LogP contribution in [-0.2, 0) is 4.79 Å². The van der Waals surface area contributed by atoms with Crippen LogP contribution in [0.1, 0.15) is 26.7 Å². The molecule has 0 saturated heterocycles. The number of rotatable bonds is 5. The molecule has 12 heavy (non-hydrogen) atoms. The number of aldehydes is 1. The van der Waals surface area contributed by atoms with Gasteiger partial charge in [0.05, 0.1) is 6.10 Å². The Kier molecular flexibility index (Phi) is 6.29. The lowest BCUT2D eigenvalue weighted by atomic mass is 10.1. The van der Waals surface area contributed by atoms with Crippen LogP contribution in [0.5, 0.6) is 0 Å². The molecule has 1 unspecified atom stereocenters.